The standard InChI is InChI=1S/C16H14F3N3O2S/c17-16(18,19)12-6-1-7-13(20-12)21-14(23)10-4-2-8-22(10)15(24)11-5-3-9-25-11/h1,3,5-7,9-10H,2,4,8H2,(H,20,21,23)/t10-/m0/s1. The zero-order valence-corrected chi connectivity index (χ0v) is 13.7. The van der Waals surface area contributed by atoms with Gasteiger partial charge >= 0.3 is 6.18 Å². The van der Waals surface area contributed by atoms with E-state index < -0.39 is 23.8 Å². The molecule has 0 radical (unpaired) electrons. The second kappa shape index (κ2) is 6.83. The summed E-state index contributed by atoms with van der Waals surface area (Å²) < 4.78 is 38.1. The third-order valence-corrected chi connectivity index (χ3v) is 4.70. The normalized spacial score (nSPS) is 17.6. The average molecular weight is 369 g/mol. The Hall–Kier alpha value is -2.42. The molecule has 0 saturated carbocycles. The van der Waals surface area contributed by atoms with Gasteiger partial charge in [0, 0.05) is 6.54 Å². The lowest BCUT2D eigenvalue weighted by atomic mass is 10.2. The molecule has 0 spiro atoms. The van der Waals surface area contributed by atoms with Crippen molar-refractivity contribution in [3.05, 3.63) is 46.3 Å². The van der Waals surface area contributed by atoms with Crippen molar-refractivity contribution in [2.75, 3.05) is 11.9 Å². The SMILES string of the molecule is O=C(Nc1cccc(C(F)(F)F)n1)[C@@H]1CCCN1C(=O)c1cccs1. The summed E-state index contributed by atoms with van der Waals surface area (Å²) in [7, 11) is 0. The number of hydrogen-bond acceptors (Lipinski definition) is 4. The Balaban J connectivity index is 1.73. The summed E-state index contributed by atoms with van der Waals surface area (Å²) in [5, 5.41) is 4.15. The number of nitrogens with zero attached hydrogens (tertiary/aromatic N) is 2. The molecule has 0 unspecified atom stereocenters. The van der Waals surface area contributed by atoms with Gasteiger partial charge in [-0.2, -0.15) is 13.2 Å². The van der Waals surface area contributed by atoms with Crippen molar-refractivity contribution in [1.82, 2.24) is 9.88 Å². The van der Waals surface area contributed by atoms with Crippen LogP contribution in [0.4, 0.5) is 19.0 Å². The first kappa shape index (κ1) is 17.4. The number of carbonyl (C=O) groups excluding carboxylic acids is 2. The number of pyridine rings is 1. The maximum Gasteiger partial charge on any atom is 0.433 e. The molecule has 3 rings (SSSR count). The van der Waals surface area contributed by atoms with Gasteiger partial charge in [-0.15, -0.1) is 11.3 Å². The number of likely N-dealkylation sites (tertiary alicyclic amines) is 1. The van der Waals surface area contributed by atoms with Crippen LogP contribution in [0.3, 0.4) is 0 Å². The number of halogens is 3. The van der Waals surface area contributed by atoms with E-state index in [0.717, 1.165) is 6.07 Å². The summed E-state index contributed by atoms with van der Waals surface area (Å²) in [5.74, 6) is -0.964. The number of anilines is 1. The van der Waals surface area contributed by atoms with E-state index in [1.54, 1.807) is 17.5 Å². The molecule has 5 nitrogen and oxygen atoms in total. The fourth-order valence-electron chi connectivity index (χ4n) is 2.70. The molecular formula is C16H14F3N3O2S. The smallest absolute Gasteiger partial charge is 0.326 e. The highest BCUT2D eigenvalue weighted by atomic mass is 32.1. The number of alkyl halides is 3. The van der Waals surface area contributed by atoms with Crippen LogP contribution in [0, 0.1) is 0 Å². The summed E-state index contributed by atoms with van der Waals surface area (Å²) in [6.07, 6.45) is -3.47. The third kappa shape index (κ3) is 3.81. The van der Waals surface area contributed by atoms with Gasteiger partial charge in [-0.3, -0.25) is 9.59 Å². The Morgan fingerprint density at radius 3 is 2.72 bits per heavy atom. The van der Waals surface area contributed by atoms with Gasteiger partial charge in [-0.05, 0) is 36.4 Å². The molecule has 1 aliphatic heterocycles. The minimum Gasteiger partial charge on any atom is -0.326 e. The number of thiophene rings is 1. The molecule has 132 valence electrons. The number of nitrogens with one attached hydrogen (secondary N) is 1. The molecule has 0 bridgehead atoms. The monoisotopic (exact) mass is 369 g/mol. The number of rotatable bonds is 3. The summed E-state index contributed by atoms with van der Waals surface area (Å²) in [6.45, 7) is 0.435. The lowest BCUT2D eigenvalue weighted by Gasteiger charge is -2.23. The van der Waals surface area contributed by atoms with Gasteiger partial charge in [-0.25, -0.2) is 4.98 Å². The molecule has 1 N–H and O–H groups in total. The van der Waals surface area contributed by atoms with E-state index in [2.05, 4.69) is 10.3 Å². The van der Waals surface area contributed by atoms with Crippen LogP contribution in [0.1, 0.15) is 28.2 Å². The zero-order valence-electron chi connectivity index (χ0n) is 12.9. The molecule has 2 aromatic heterocycles. The second-order valence-electron chi connectivity index (χ2n) is 5.53. The van der Waals surface area contributed by atoms with Crippen molar-refractivity contribution in [2.45, 2.75) is 25.1 Å². The minimum absolute atomic E-state index is 0.185. The van der Waals surface area contributed by atoms with Crippen molar-refractivity contribution < 1.29 is 22.8 Å². The first-order valence-corrected chi connectivity index (χ1v) is 8.44. The summed E-state index contributed by atoms with van der Waals surface area (Å²) in [4.78, 5) is 30.3. The molecule has 1 atom stereocenters. The fraction of sp³-hybridized carbons (Fsp3) is 0.312. The van der Waals surface area contributed by atoms with E-state index in [4.69, 9.17) is 0 Å². The summed E-state index contributed by atoms with van der Waals surface area (Å²) >= 11 is 1.28. The predicted molar refractivity (Wildman–Crippen MR) is 86.2 cm³/mol. The van der Waals surface area contributed by atoms with Crippen LogP contribution in [0.5, 0.6) is 0 Å². The highest BCUT2D eigenvalue weighted by molar-refractivity contribution is 7.12. The lowest BCUT2D eigenvalue weighted by Crippen LogP contribution is -2.43. The van der Waals surface area contributed by atoms with Crippen LogP contribution in [0.15, 0.2) is 35.7 Å². The maximum atomic E-state index is 12.7. The van der Waals surface area contributed by atoms with Crippen molar-refractivity contribution in [3.8, 4) is 0 Å². The minimum atomic E-state index is -4.59. The molecular weight excluding hydrogens is 355 g/mol. The van der Waals surface area contributed by atoms with Gasteiger partial charge in [0.25, 0.3) is 5.91 Å². The van der Waals surface area contributed by atoms with E-state index in [0.29, 0.717) is 24.3 Å². The van der Waals surface area contributed by atoms with Gasteiger partial charge in [0.15, 0.2) is 0 Å². The van der Waals surface area contributed by atoms with Crippen LogP contribution >= 0.6 is 11.3 Å². The number of hydrogen-bond donors (Lipinski definition) is 1. The average Bonchev–Trinajstić information content (AvgIpc) is 3.25. The molecule has 2 amide bonds. The van der Waals surface area contributed by atoms with E-state index in [1.165, 1.54) is 28.4 Å². The maximum absolute atomic E-state index is 12.7. The van der Waals surface area contributed by atoms with Crippen LogP contribution in [-0.2, 0) is 11.0 Å². The zero-order chi connectivity index (χ0) is 18.0. The molecule has 1 fully saturated rings. The van der Waals surface area contributed by atoms with E-state index in [1.807, 2.05) is 0 Å². The Labute approximate surface area is 145 Å². The number of carbonyl (C=O) groups is 2. The second-order valence-corrected chi connectivity index (χ2v) is 6.48. The van der Waals surface area contributed by atoms with Crippen LogP contribution in [-0.4, -0.2) is 34.3 Å². The lowest BCUT2D eigenvalue weighted by molar-refractivity contribution is -0.141. The van der Waals surface area contributed by atoms with Gasteiger partial charge < -0.3 is 10.2 Å². The molecule has 2 aromatic rings. The highest BCUT2D eigenvalue weighted by Crippen LogP contribution is 2.28. The molecule has 9 heteroatoms. The quantitative estimate of drug-likeness (QED) is 0.902. The Morgan fingerprint density at radius 2 is 2.04 bits per heavy atom. The van der Waals surface area contributed by atoms with Crippen molar-refractivity contribution in [2.24, 2.45) is 0 Å². The first-order valence-electron chi connectivity index (χ1n) is 7.56. The fourth-order valence-corrected chi connectivity index (χ4v) is 3.37. The Kier molecular flexibility index (Phi) is 4.76. The highest BCUT2D eigenvalue weighted by Gasteiger charge is 2.36. The van der Waals surface area contributed by atoms with Crippen LogP contribution < -0.4 is 5.32 Å². The summed E-state index contributed by atoms with van der Waals surface area (Å²) in [6, 6.07) is 6.00. The van der Waals surface area contributed by atoms with Gasteiger partial charge in [0.05, 0.1) is 4.88 Å². The Bertz CT molecular complexity index is 777. The molecule has 0 aromatic carbocycles. The summed E-state index contributed by atoms with van der Waals surface area (Å²) in [5.41, 5.74) is -1.08. The van der Waals surface area contributed by atoms with Gasteiger partial charge in [0.2, 0.25) is 5.91 Å². The number of amides is 2. The largest absolute Gasteiger partial charge is 0.433 e. The molecule has 0 aliphatic carbocycles. The van der Waals surface area contributed by atoms with E-state index >= 15 is 0 Å². The molecule has 1 saturated heterocycles. The van der Waals surface area contributed by atoms with Crippen molar-refractivity contribution >= 4 is 29.0 Å². The molecule has 25 heavy (non-hydrogen) atoms. The predicted octanol–water partition coefficient (Wildman–Crippen LogP) is 3.41. The van der Waals surface area contributed by atoms with Gasteiger partial charge in [-0.1, -0.05) is 12.1 Å². The van der Waals surface area contributed by atoms with Crippen molar-refractivity contribution in [3.63, 3.8) is 0 Å². The van der Waals surface area contributed by atoms with Crippen LogP contribution in [0.2, 0.25) is 0 Å². The number of aromatic nitrogens is 1. The molecule has 3 heterocycles. The third-order valence-electron chi connectivity index (χ3n) is 3.84. The molecule has 1 aliphatic rings. The topological polar surface area (TPSA) is 62.3 Å². The first-order chi connectivity index (χ1) is 11.9. The van der Waals surface area contributed by atoms with E-state index in [-0.39, 0.29) is 11.7 Å². The Morgan fingerprint density at radius 1 is 1.24 bits per heavy atom. The van der Waals surface area contributed by atoms with Crippen LogP contribution in [0.25, 0.3) is 0 Å². The van der Waals surface area contributed by atoms with Gasteiger partial charge in [0.1, 0.15) is 17.6 Å². The van der Waals surface area contributed by atoms with E-state index in [9.17, 15) is 22.8 Å². The van der Waals surface area contributed by atoms with Crippen molar-refractivity contribution in [1.29, 1.82) is 0 Å².